The molecular formula is C11H17NO4. The smallest absolute Gasteiger partial charge is 0.328 e. The molecule has 5 heteroatoms. The van der Waals surface area contributed by atoms with Gasteiger partial charge in [0.1, 0.15) is 11.8 Å². The SMILES string of the molecule is COC(=O)[C@H](C[C@@H]1CCCC1=O)NC(C)=O. The molecule has 1 N–H and O–H groups in total. The minimum Gasteiger partial charge on any atom is -0.467 e. The van der Waals surface area contributed by atoms with Crippen LogP contribution in [0.15, 0.2) is 0 Å². The molecule has 90 valence electrons. The molecule has 1 saturated carbocycles. The van der Waals surface area contributed by atoms with Crippen molar-refractivity contribution in [2.45, 2.75) is 38.6 Å². The predicted molar refractivity (Wildman–Crippen MR) is 56.6 cm³/mol. The highest BCUT2D eigenvalue weighted by Crippen LogP contribution is 2.25. The van der Waals surface area contributed by atoms with Crippen molar-refractivity contribution in [2.75, 3.05) is 7.11 Å². The number of esters is 1. The first kappa shape index (κ1) is 12.7. The van der Waals surface area contributed by atoms with Crippen molar-refractivity contribution in [3.05, 3.63) is 0 Å². The molecule has 0 spiro atoms. The lowest BCUT2D eigenvalue weighted by Gasteiger charge is -2.18. The van der Waals surface area contributed by atoms with Gasteiger partial charge in [0.05, 0.1) is 7.11 Å². The number of carbonyl (C=O) groups is 3. The molecule has 1 amide bonds. The largest absolute Gasteiger partial charge is 0.467 e. The molecular weight excluding hydrogens is 210 g/mol. The van der Waals surface area contributed by atoms with Crippen LogP contribution in [0, 0.1) is 5.92 Å². The summed E-state index contributed by atoms with van der Waals surface area (Å²) in [6.07, 6.45) is 2.60. The lowest BCUT2D eigenvalue weighted by atomic mass is 9.97. The van der Waals surface area contributed by atoms with Crippen molar-refractivity contribution in [3.8, 4) is 0 Å². The van der Waals surface area contributed by atoms with E-state index >= 15 is 0 Å². The molecule has 0 aromatic rings. The van der Waals surface area contributed by atoms with E-state index in [1.165, 1.54) is 14.0 Å². The zero-order valence-electron chi connectivity index (χ0n) is 9.62. The molecule has 2 atom stereocenters. The van der Waals surface area contributed by atoms with Crippen LogP contribution in [-0.4, -0.2) is 30.8 Å². The highest BCUT2D eigenvalue weighted by molar-refractivity contribution is 5.86. The van der Waals surface area contributed by atoms with Gasteiger partial charge in [0.2, 0.25) is 5.91 Å². The third-order valence-corrected chi connectivity index (χ3v) is 2.81. The van der Waals surface area contributed by atoms with Gasteiger partial charge in [-0.1, -0.05) is 0 Å². The summed E-state index contributed by atoms with van der Waals surface area (Å²) in [5.74, 6) is -0.717. The number of nitrogens with one attached hydrogen (secondary N) is 1. The molecule has 0 aromatic carbocycles. The number of amides is 1. The Kier molecular flexibility index (Phi) is 4.46. The van der Waals surface area contributed by atoms with Gasteiger partial charge in [0, 0.05) is 19.3 Å². The van der Waals surface area contributed by atoms with Gasteiger partial charge in [0.25, 0.3) is 0 Å². The zero-order valence-corrected chi connectivity index (χ0v) is 9.62. The lowest BCUT2D eigenvalue weighted by Crippen LogP contribution is -2.42. The Bertz CT molecular complexity index is 300. The Hall–Kier alpha value is -1.39. The third-order valence-electron chi connectivity index (χ3n) is 2.81. The molecule has 0 saturated heterocycles. The van der Waals surface area contributed by atoms with Crippen LogP contribution >= 0.6 is 0 Å². The average molecular weight is 227 g/mol. The summed E-state index contributed by atoms with van der Waals surface area (Å²) in [5.41, 5.74) is 0. The van der Waals surface area contributed by atoms with Crippen LogP contribution in [0.3, 0.4) is 0 Å². The van der Waals surface area contributed by atoms with Gasteiger partial charge >= 0.3 is 5.97 Å². The molecule has 0 bridgehead atoms. The van der Waals surface area contributed by atoms with Crippen LogP contribution in [0.1, 0.15) is 32.6 Å². The number of carbonyl (C=O) groups excluding carboxylic acids is 3. The Labute approximate surface area is 94.5 Å². The standard InChI is InChI=1S/C11H17NO4/c1-7(13)12-9(11(15)16-2)6-8-4-3-5-10(8)14/h8-9H,3-6H2,1-2H3,(H,12,13)/t8-,9-/m0/s1. The van der Waals surface area contributed by atoms with Crippen molar-refractivity contribution < 1.29 is 19.1 Å². The first-order valence-corrected chi connectivity index (χ1v) is 5.42. The second kappa shape index (κ2) is 5.63. The molecule has 5 nitrogen and oxygen atoms in total. The van der Waals surface area contributed by atoms with E-state index in [9.17, 15) is 14.4 Å². The molecule has 0 unspecified atom stereocenters. The number of hydrogen-bond donors (Lipinski definition) is 1. The first-order valence-electron chi connectivity index (χ1n) is 5.42. The first-order chi connectivity index (χ1) is 7.54. The van der Waals surface area contributed by atoms with Crippen LogP contribution in [0.5, 0.6) is 0 Å². The molecule has 1 aliphatic carbocycles. The van der Waals surface area contributed by atoms with Crippen molar-refractivity contribution in [2.24, 2.45) is 5.92 Å². The fraction of sp³-hybridized carbons (Fsp3) is 0.727. The topological polar surface area (TPSA) is 72.5 Å². The molecule has 1 rings (SSSR count). The van der Waals surface area contributed by atoms with Gasteiger partial charge in [-0.05, 0) is 19.3 Å². The number of ketones is 1. The predicted octanol–water partition coefficient (Wildman–Crippen LogP) is 0.423. The molecule has 16 heavy (non-hydrogen) atoms. The molecule has 0 aromatic heterocycles. The summed E-state index contributed by atoms with van der Waals surface area (Å²) in [4.78, 5) is 33.8. The Balaban J connectivity index is 2.58. The molecule has 1 aliphatic rings. The number of hydrogen-bond acceptors (Lipinski definition) is 4. The minimum absolute atomic E-state index is 0.115. The summed E-state index contributed by atoms with van der Waals surface area (Å²) >= 11 is 0. The van der Waals surface area contributed by atoms with E-state index in [0.29, 0.717) is 12.8 Å². The van der Waals surface area contributed by atoms with Crippen LogP contribution in [0.2, 0.25) is 0 Å². The highest BCUT2D eigenvalue weighted by Gasteiger charge is 2.31. The fourth-order valence-corrected chi connectivity index (χ4v) is 2.02. The molecule has 0 radical (unpaired) electrons. The van der Waals surface area contributed by atoms with Gasteiger partial charge < -0.3 is 10.1 Å². The minimum atomic E-state index is -0.699. The van der Waals surface area contributed by atoms with E-state index in [4.69, 9.17) is 0 Å². The van der Waals surface area contributed by atoms with Crippen LogP contribution in [-0.2, 0) is 19.1 Å². The fourth-order valence-electron chi connectivity index (χ4n) is 2.02. The third kappa shape index (κ3) is 3.32. The number of ether oxygens (including phenoxy) is 1. The Morgan fingerprint density at radius 3 is 2.69 bits per heavy atom. The normalized spacial score (nSPS) is 21.6. The lowest BCUT2D eigenvalue weighted by molar-refractivity contribution is -0.145. The quantitative estimate of drug-likeness (QED) is 0.707. The maximum Gasteiger partial charge on any atom is 0.328 e. The Morgan fingerprint density at radius 2 is 2.25 bits per heavy atom. The van der Waals surface area contributed by atoms with E-state index in [2.05, 4.69) is 10.1 Å². The maximum atomic E-state index is 11.4. The summed E-state index contributed by atoms with van der Waals surface area (Å²) in [5, 5.41) is 2.51. The number of Topliss-reactive ketones (excluding diaryl/α,β-unsaturated/α-hetero) is 1. The van der Waals surface area contributed by atoms with Crippen molar-refractivity contribution >= 4 is 17.7 Å². The van der Waals surface area contributed by atoms with Gasteiger partial charge in [-0.3, -0.25) is 9.59 Å². The summed E-state index contributed by atoms with van der Waals surface area (Å²) in [7, 11) is 1.27. The second-order valence-corrected chi connectivity index (χ2v) is 4.07. The van der Waals surface area contributed by atoms with E-state index in [1.54, 1.807) is 0 Å². The van der Waals surface area contributed by atoms with Crippen molar-refractivity contribution in [1.82, 2.24) is 5.32 Å². The number of methoxy groups -OCH3 is 1. The van der Waals surface area contributed by atoms with E-state index in [1.807, 2.05) is 0 Å². The summed E-state index contributed by atoms with van der Waals surface area (Å²) in [6, 6.07) is -0.699. The molecule has 0 heterocycles. The summed E-state index contributed by atoms with van der Waals surface area (Å²) in [6.45, 7) is 1.34. The van der Waals surface area contributed by atoms with Gasteiger partial charge in [0.15, 0.2) is 0 Å². The van der Waals surface area contributed by atoms with Crippen LogP contribution in [0.25, 0.3) is 0 Å². The van der Waals surface area contributed by atoms with E-state index < -0.39 is 12.0 Å². The zero-order chi connectivity index (χ0) is 12.1. The van der Waals surface area contributed by atoms with Crippen molar-refractivity contribution in [1.29, 1.82) is 0 Å². The van der Waals surface area contributed by atoms with Gasteiger partial charge in [-0.15, -0.1) is 0 Å². The average Bonchev–Trinajstić information content (AvgIpc) is 2.61. The van der Waals surface area contributed by atoms with Gasteiger partial charge in [-0.25, -0.2) is 4.79 Å². The van der Waals surface area contributed by atoms with Crippen molar-refractivity contribution in [3.63, 3.8) is 0 Å². The van der Waals surface area contributed by atoms with Gasteiger partial charge in [-0.2, -0.15) is 0 Å². The maximum absolute atomic E-state index is 11.4. The molecule has 1 fully saturated rings. The second-order valence-electron chi connectivity index (χ2n) is 4.07. The summed E-state index contributed by atoms with van der Waals surface area (Å²) < 4.78 is 4.59. The monoisotopic (exact) mass is 227 g/mol. The molecule has 0 aliphatic heterocycles. The Morgan fingerprint density at radius 1 is 1.56 bits per heavy atom. The van der Waals surface area contributed by atoms with Crippen LogP contribution in [0.4, 0.5) is 0 Å². The van der Waals surface area contributed by atoms with Crippen LogP contribution < -0.4 is 5.32 Å². The van der Waals surface area contributed by atoms with E-state index in [0.717, 1.165) is 12.8 Å². The van der Waals surface area contributed by atoms with E-state index in [-0.39, 0.29) is 17.6 Å². The highest BCUT2D eigenvalue weighted by atomic mass is 16.5. The number of rotatable bonds is 4.